The number of Topliss-reactive ketones (excluding diaryl/α,β-unsaturated/α-hetero) is 2. The van der Waals surface area contributed by atoms with Gasteiger partial charge in [-0.2, -0.15) is 0 Å². The standard InChI is InChI=1S/C34H47NO4.C32H45NO3.C2H6.2CH4/c1-21-23-10-12-32(6)27(31(23,5)20-25(35-8)29(21)38)18-26(37)28-24-19-30(3,4)13-15-34(24,16-14-33(28,32)7)11-9-17-39-22(2)36;1-20-21-9-11-30(5)25(29(21,4)19-23(33-7)27(20)36)17-24(35)26-22-18-28(2,3)12-14-32(22,10-8-16-34)15-13-31(26,30)6;1-2;;/h18,20-21,23-24,28H,9-17,19H2,1-7H3;17,19-22,26,34H,8-16,18H2,1-6H3;1-2H3;2*1H4/t21-,23-,24-,28-,31-,32+,33+,34+;20-,21-,22-,26-,29-,30+,31+,32+;;;/m00.../s1/i;;;2*1T. The summed E-state index contributed by atoms with van der Waals surface area (Å²) in [6.45, 7) is 48.9. The number of hydrogen-bond donors (Lipinski definition) is 1. The fraction of sp³-hybridized carbons (Fsp3) is 0.786. The van der Waals surface area contributed by atoms with E-state index in [1.165, 1.54) is 45.7 Å². The maximum atomic E-state index is 14.5. The van der Waals surface area contributed by atoms with Crippen molar-refractivity contribution >= 4 is 29.1 Å². The third kappa shape index (κ3) is 9.70. The molecular formula is C70H106N2O7. The molecule has 10 aliphatic rings. The number of nitrogens with zero attached hydrogens (tertiary/aromatic N) is 2. The van der Waals surface area contributed by atoms with Crippen LogP contribution in [0.5, 0.6) is 0 Å². The number of rotatable bonds is 7. The second kappa shape index (κ2) is 22.0. The molecule has 9 heteroatoms. The molecule has 79 heavy (non-hydrogen) atoms. The summed E-state index contributed by atoms with van der Waals surface area (Å²) in [4.78, 5) is 73.3. The second-order valence-electron chi connectivity index (χ2n) is 29.8. The van der Waals surface area contributed by atoms with Crippen molar-refractivity contribution in [3.8, 4) is 0 Å². The summed E-state index contributed by atoms with van der Waals surface area (Å²) in [6.07, 6.45) is 26.5. The highest BCUT2D eigenvalue weighted by Gasteiger charge is 2.71. The van der Waals surface area contributed by atoms with Gasteiger partial charge in [-0.1, -0.05) is 135 Å². The van der Waals surface area contributed by atoms with Crippen molar-refractivity contribution in [2.45, 2.75) is 234 Å². The maximum Gasteiger partial charge on any atom is 0.302 e. The molecule has 0 spiro atoms. The average molecular weight is 1090 g/mol. The average Bonchev–Trinajstić information content (AvgIpc) is 3.43. The van der Waals surface area contributed by atoms with Gasteiger partial charge in [0.1, 0.15) is 0 Å². The van der Waals surface area contributed by atoms with Crippen LogP contribution in [-0.4, -0.2) is 47.4 Å². The van der Waals surface area contributed by atoms with E-state index in [1.807, 2.05) is 52.0 Å². The van der Waals surface area contributed by atoms with Crippen LogP contribution < -0.4 is 0 Å². The monoisotopic (exact) mass is 1090 g/mol. The topological polar surface area (TPSA) is 124 Å². The third-order valence-electron chi connectivity index (χ3n) is 25.3. The quantitative estimate of drug-likeness (QED) is 0.153. The first-order valence-electron chi connectivity index (χ1n) is 32.5. The van der Waals surface area contributed by atoms with E-state index in [9.17, 15) is 29.1 Å². The van der Waals surface area contributed by atoms with Gasteiger partial charge in [-0.3, -0.25) is 14.4 Å². The number of esters is 1. The van der Waals surface area contributed by atoms with Gasteiger partial charge >= 0.3 is 5.97 Å². The number of carbonyl (C=O) groups excluding carboxylic acids is 5. The van der Waals surface area contributed by atoms with E-state index in [1.54, 1.807) is 0 Å². The Morgan fingerprint density at radius 1 is 0.608 bits per heavy atom. The smallest absolute Gasteiger partial charge is 0.302 e. The van der Waals surface area contributed by atoms with Crippen molar-refractivity contribution in [3.05, 3.63) is 69.7 Å². The number of fused-ring (bicyclic) bond motifs is 14. The molecule has 6 saturated carbocycles. The molecule has 0 heterocycles. The Morgan fingerprint density at radius 2 is 0.975 bits per heavy atom. The molecule has 0 bridgehead atoms. The lowest BCUT2D eigenvalue weighted by atomic mass is 9.34. The molecule has 0 aromatic heterocycles. The molecule has 0 unspecified atom stereocenters. The third-order valence-corrected chi connectivity index (χ3v) is 25.3. The Bertz CT molecular complexity index is 2670. The number of aliphatic hydroxyl groups excluding tert-OH is 1. The molecule has 0 radical (unpaired) electrons. The minimum Gasteiger partial charge on any atom is -0.466 e. The molecule has 0 aromatic rings. The van der Waals surface area contributed by atoms with Gasteiger partial charge in [0.25, 0.3) is 0 Å². The molecule has 0 aliphatic heterocycles. The number of hydrogen-bond acceptors (Lipinski definition) is 7. The summed E-state index contributed by atoms with van der Waals surface area (Å²) in [5, 5.41) is 9.71. The van der Waals surface area contributed by atoms with Gasteiger partial charge in [-0.05, 0) is 195 Å². The fourth-order valence-corrected chi connectivity index (χ4v) is 20.6. The molecule has 0 saturated heterocycles. The maximum absolute atomic E-state index is 14.5. The molecule has 0 aromatic carbocycles. The van der Waals surface area contributed by atoms with Crippen LogP contribution in [0, 0.1) is 115 Å². The van der Waals surface area contributed by atoms with E-state index < -0.39 is 10.8 Å². The molecule has 16 atom stereocenters. The molecule has 6 fully saturated rings. The molecule has 0 amide bonds. The Balaban J connectivity index is 0.000000240. The van der Waals surface area contributed by atoms with Crippen LogP contribution in [0.3, 0.4) is 0 Å². The van der Waals surface area contributed by atoms with E-state index in [0.29, 0.717) is 18.4 Å². The van der Waals surface area contributed by atoms with Crippen LogP contribution in [0.2, 0.25) is 0 Å². The van der Waals surface area contributed by atoms with Crippen molar-refractivity contribution in [3.63, 3.8) is 0 Å². The number of allylic oxidation sites excluding steroid dienone is 8. The van der Waals surface area contributed by atoms with Gasteiger partial charge < -0.3 is 19.4 Å². The minimum atomic E-state index is -0.450. The largest absolute Gasteiger partial charge is 0.466 e. The lowest BCUT2D eigenvalue weighted by Crippen LogP contribution is -2.64. The summed E-state index contributed by atoms with van der Waals surface area (Å²) in [5.74, 6) is 0.767. The van der Waals surface area contributed by atoms with Gasteiger partial charge in [-0.15, -0.1) is 0 Å². The van der Waals surface area contributed by atoms with Crippen LogP contribution >= 0.6 is 0 Å². The summed E-state index contributed by atoms with van der Waals surface area (Å²) in [7, 11) is 2.50. The number of carbonyl (C=O) groups is 5. The van der Waals surface area contributed by atoms with Gasteiger partial charge in [0.05, 0.1) is 19.8 Å². The number of ether oxygens (including phenoxy) is 1. The van der Waals surface area contributed by atoms with Crippen molar-refractivity contribution in [1.29, 1.82) is 0 Å². The first kappa shape index (κ1) is 61.1. The van der Waals surface area contributed by atoms with Gasteiger partial charge in [0.2, 0.25) is 11.4 Å². The first-order valence-corrected chi connectivity index (χ1v) is 30.5. The number of aliphatic hydroxyl groups is 1. The Hall–Kier alpha value is -3.95. The Kier molecular flexibility index (Phi) is 17.0. The second-order valence-corrected chi connectivity index (χ2v) is 29.8. The highest BCUT2D eigenvalue weighted by Crippen LogP contribution is 2.76. The van der Waals surface area contributed by atoms with Crippen LogP contribution in [0.1, 0.15) is 237 Å². The number of ketones is 4. The zero-order chi connectivity index (χ0) is 60.9. The summed E-state index contributed by atoms with van der Waals surface area (Å²) in [5.41, 5.74) is 2.08. The minimum absolute atomic E-state index is 0.00498. The van der Waals surface area contributed by atoms with E-state index >= 15 is 0 Å². The lowest BCUT2D eigenvalue weighted by molar-refractivity contribution is -0.172. The fourth-order valence-electron chi connectivity index (χ4n) is 20.6. The zero-order valence-electron chi connectivity index (χ0n) is 54.4. The van der Waals surface area contributed by atoms with E-state index in [2.05, 4.69) is 78.9 Å². The predicted octanol–water partition coefficient (Wildman–Crippen LogP) is 16.8. The Morgan fingerprint density at radius 3 is 1.33 bits per heavy atom. The van der Waals surface area contributed by atoms with Crippen LogP contribution in [0.15, 0.2) is 46.8 Å². The van der Waals surface area contributed by atoms with E-state index in [4.69, 9.17) is 20.6 Å². The molecule has 10 rings (SSSR count). The predicted molar refractivity (Wildman–Crippen MR) is 318 cm³/mol. The van der Waals surface area contributed by atoms with Crippen LogP contribution in [-0.2, 0) is 28.7 Å². The highest BCUT2D eigenvalue weighted by atomic mass is 16.5. The summed E-state index contributed by atoms with van der Waals surface area (Å²) >= 11 is 0. The molecule has 1 N–H and O–H groups in total. The summed E-state index contributed by atoms with van der Waals surface area (Å²) < 4.78 is 16.8. The molecular weight excluding hydrogens is 981 g/mol. The lowest BCUT2D eigenvalue weighted by Gasteiger charge is -2.69. The van der Waals surface area contributed by atoms with Gasteiger partial charge in [-0.25, -0.2) is 9.69 Å². The molecule has 438 valence electrons. The normalized spacial score (nSPS) is 43.8. The molecule has 9 nitrogen and oxygen atoms in total. The van der Waals surface area contributed by atoms with E-state index in [-0.39, 0.29) is 126 Å². The van der Waals surface area contributed by atoms with Gasteiger partial charge in [0.15, 0.2) is 23.1 Å². The van der Waals surface area contributed by atoms with Crippen LogP contribution in [0.4, 0.5) is 0 Å². The Labute approximate surface area is 482 Å². The van der Waals surface area contributed by atoms with Crippen molar-refractivity contribution in [2.24, 2.45) is 101 Å². The first-order chi connectivity index (χ1) is 37.9. The highest BCUT2D eigenvalue weighted by molar-refractivity contribution is 6.02. The SMILES string of the molecule is CC.[3H]C.[3H]C.[C-]#[N+]C1=C[C@]2(C)C3=CC(=O)[C@@H]4[C@@H]5CC(C)(C)CC[C@]5(CCCO)CC[C@@]4(C)[C@]3(C)CC[C@H]2[C@H](C)C1=O.[C-]#[N+]C1=C[C@]2(C)C3=CC(=O)[C@@H]4[C@@H]5CC(C)(C)CC[C@]5(CCCOC(C)=O)CC[C@@]4(C)[C@]3(C)CC[C@H]2[C@H](C)C1=O. The van der Waals surface area contributed by atoms with Gasteiger partial charge in [0, 0.05) is 50.8 Å². The van der Waals surface area contributed by atoms with Crippen molar-refractivity contribution in [2.75, 3.05) is 13.2 Å². The molecule has 10 aliphatic carbocycles. The van der Waals surface area contributed by atoms with Crippen molar-refractivity contribution in [1.82, 2.24) is 0 Å². The zero-order valence-corrected chi connectivity index (χ0v) is 52.4. The summed E-state index contributed by atoms with van der Waals surface area (Å²) in [6, 6.07) is 0. The van der Waals surface area contributed by atoms with Crippen LogP contribution in [0.25, 0.3) is 9.69 Å². The van der Waals surface area contributed by atoms with Crippen molar-refractivity contribution < 1.29 is 36.6 Å². The van der Waals surface area contributed by atoms with E-state index in [0.717, 1.165) is 103 Å².